The molecule has 2 heterocycles. The molecule has 0 saturated carbocycles. The molecule has 0 aliphatic carbocycles. The van der Waals surface area contributed by atoms with Crippen LogP contribution in [0.4, 0.5) is 5.69 Å². The quantitative estimate of drug-likeness (QED) is 0.819. The van der Waals surface area contributed by atoms with Gasteiger partial charge in [-0.2, -0.15) is 0 Å². The highest BCUT2D eigenvalue weighted by molar-refractivity contribution is 7.12. The highest BCUT2D eigenvalue weighted by Crippen LogP contribution is 2.15. The minimum atomic E-state index is -0.258. The zero-order valence-electron chi connectivity index (χ0n) is 14.4. The van der Waals surface area contributed by atoms with E-state index in [1.165, 1.54) is 11.3 Å². The molecule has 0 atom stereocenters. The first-order chi connectivity index (χ1) is 12.6. The van der Waals surface area contributed by atoms with Crippen molar-refractivity contribution < 1.29 is 14.4 Å². The molecule has 2 aromatic rings. The number of rotatable bonds is 6. The van der Waals surface area contributed by atoms with Crippen molar-refractivity contribution in [1.29, 1.82) is 0 Å². The van der Waals surface area contributed by atoms with Gasteiger partial charge in [-0.05, 0) is 42.5 Å². The van der Waals surface area contributed by atoms with Gasteiger partial charge in [0.15, 0.2) is 0 Å². The molecular weight excluding hydrogens is 350 g/mol. The van der Waals surface area contributed by atoms with E-state index in [2.05, 4.69) is 10.6 Å². The molecule has 26 heavy (non-hydrogen) atoms. The van der Waals surface area contributed by atoms with Crippen molar-refractivity contribution in [3.63, 3.8) is 0 Å². The van der Waals surface area contributed by atoms with Crippen LogP contribution in [0.2, 0.25) is 0 Å². The molecule has 7 heteroatoms. The Morgan fingerprint density at radius 1 is 1.04 bits per heavy atom. The number of nitrogens with one attached hydrogen (secondary N) is 2. The van der Waals surface area contributed by atoms with Crippen LogP contribution in [-0.2, 0) is 4.79 Å². The average molecular weight is 371 g/mol. The summed E-state index contributed by atoms with van der Waals surface area (Å²) in [4.78, 5) is 38.8. The molecule has 6 nitrogen and oxygen atoms in total. The Hall–Kier alpha value is -2.67. The summed E-state index contributed by atoms with van der Waals surface area (Å²) in [5, 5.41) is 7.38. The third-order valence-electron chi connectivity index (χ3n) is 4.21. The molecule has 1 aliphatic rings. The first-order valence-electron chi connectivity index (χ1n) is 8.64. The summed E-state index contributed by atoms with van der Waals surface area (Å²) in [7, 11) is 0. The SMILES string of the molecule is O=C(NCCC(=O)N1CCCC1)c1cccc(NC(=O)c2cccs2)c1. The van der Waals surface area contributed by atoms with Gasteiger partial charge in [-0.3, -0.25) is 14.4 Å². The van der Waals surface area contributed by atoms with E-state index in [1.54, 1.807) is 30.3 Å². The number of hydrogen-bond acceptors (Lipinski definition) is 4. The van der Waals surface area contributed by atoms with Gasteiger partial charge in [-0.1, -0.05) is 12.1 Å². The molecular formula is C19H21N3O3S. The van der Waals surface area contributed by atoms with Gasteiger partial charge in [0.05, 0.1) is 4.88 Å². The Morgan fingerprint density at radius 2 is 1.85 bits per heavy atom. The van der Waals surface area contributed by atoms with E-state index in [1.807, 2.05) is 16.3 Å². The molecule has 0 radical (unpaired) electrons. The first kappa shape index (κ1) is 18.1. The number of carbonyl (C=O) groups excluding carboxylic acids is 3. The number of carbonyl (C=O) groups is 3. The first-order valence-corrected chi connectivity index (χ1v) is 9.52. The summed E-state index contributed by atoms with van der Waals surface area (Å²) in [6.07, 6.45) is 2.42. The maximum absolute atomic E-state index is 12.3. The summed E-state index contributed by atoms with van der Waals surface area (Å²) < 4.78 is 0. The van der Waals surface area contributed by atoms with E-state index in [0.29, 0.717) is 29.1 Å². The van der Waals surface area contributed by atoms with Crippen molar-refractivity contribution >= 4 is 34.7 Å². The summed E-state index contributed by atoms with van der Waals surface area (Å²) >= 11 is 1.36. The standard InChI is InChI=1S/C19H21N3O3S/c23-17(22-10-1-2-11-22)8-9-20-18(24)14-5-3-6-15(13-14)21-19(25)16-7-4-12-26-16/h3-7,12-13H,1-2,8-11H2,(H,20,24)(H,21,25). The van der Waals surface area contributed by atoms with Crippen molar-refractivity contribution in [2.45, 2.75) is 19.3 Å². The van der Waals surface area contributed by atoms with Crippen molar-refractivity contribution in [3.8, 4) is 0 Å². The number of anilines is 1. The molecule has 1 aliphatic heterocycles. The molecule has 1 aromatic heterocycles. The van der Waals surface area contributed by atoms with Crippen LogP contribution in [0.15, 0.2) is 41.8 Å². The van der Waals surface area contributed by atoms with Crippen LogP contribution in [0.3, 0.4) is 0 Å². The summed E-state index contributed by atoms with van der Waals surface area (Å²) in [6.45, 7) is 1.94. The second-order valence-electron chi connectivity index (χ2n) is 6.11. The zero-order chi connectivity index (χ0) is 18.4. The lowest BCUT2D eigenvalue weighted by Crippen LogP contribution is -2.32. The molecule has 1 aromatic carbocycles. The minimum Gasteiger partial charge on any atom is -0.352 e. The smallest absolute Gasteiger partial charge is 0.265 e. The normalized spacial score (nSPS) is 13.5. The predicted molar refractivity (Wildman–Crippen MR) is 101 cm³/mol. The van der Waals surface area contributed by atoms with Crippen molar-refractivity contribution in [3.05, 3.63) is 52.2 Å². The fourth-order valence-electron chi connectivity index (χ4n) is 2.85. The maximum Gasteiger partial charge on any atom is 0.265 e. The molecule has 0 unspecified atom stereocenters. The summed E-state index contributed by atoms with van der Waals surface area (Å²) in [6, 6.07) is 10.3. The van der Waals surface area contributed by atoms with Gasteiger partial charge in [0, 0.05) is 37.3 Å². The fraction of sp³-hybridized carbons (Fsp3) is 0.316. The van der Waals surface area contributed by atoms with Gasteiger partial charge in [0.2, 0.25) is 5.91 Å². The van der Waals surface area contributed by atoms with Crippen LogP contribution in [0, 0.1) is 0 Å². The third-order valence-corrected chi connectivity index (χ3v) is 5.08. The fourth-order valence-corrected chi connectivity index (χ4v) is 3.47. The Bertz CT molecular complexity index is 783. The van der Waals surface area contributed by atoms with E-state index in [-0.39, 0.29) is 17.7 Å². The van der Waals surface area contributed by atoms with Gasteiger partial charge in [-0.15, -0.1) is 11.3 Å². The van der Waals surface area contributed by atoms with E-state index in [4.69, 9.17) is 0 Å². The lowest BCUT2D eigenvalue weighted by molar-refractivity contribution is -0.129. The maximum atomic E-state index is 12.3. The van der Waals surface area contributed by atoms with Gasteiger partial charge in [0.1, 0.15) is 0 Å². The Labute approximate surface area is 156 Å². The Balaban J connectivity index is 1.51. The minimum absolute atomic E-state index is 0.0831. The van der Waals surface area contributed by atoms with Gasteiger partial charge >= 0.3 is 0 Å². The zero-order valence-corrected chi connectivity index (χ0v) is 15.2. The van der Waals surface area contributed by atoms with Crippen LogP contribution in [0.1, 0.15) is 39.3 Å². The van der Waals surface area contributed by atoms with Crippen LogP contribution >= 0.6 is 11.3 Å². The van der Waals surface area contributed by atoms with E-state index in [9.17, 15) is 14.4 Å². The number of amides is 3. The van der Waals surface area contributed by atoms with Crippen molar-refractivity contribution in [2.24, 2.45) is 0 Å². The Morgan fingerprint density at radius 3 is 2.58 bits per heavy atom. The van der Waals surface area contributed by atoms with E-state index >= 15 is 0 Å². The summed E-state index contributed by atoms with van der Waals surface area (Å²) in [5.41, 5.74) is 1.01. The lowest BCUT2D eigenvalue weighted by Gasteiger charge is -2.15. The highest BCUT2D eigenvalue weighted by atomic mass is 32.1. The van der Waals surface area contributed by atoms with Crippen LogP contribution in [0.25, 0.3) is 0 Å². The monoisotopic (exact) mass is 371 g/mol. The van der Waals surface area contributed by atoms with Gasteiger partial charge in [0.25, 0.3) is 11.8 Å². The largest absolute Gasteiger partial charge is 0.352 e. The number of nitrogens with zero attached hydrogens (tertiary/aromatic N) is 1. The van der Waals surface area contributed by atoms with E-state index < -0.39 is 0 Å². The Kier molecular flexibility index (Phi) is 6.01. The van der Waals surface area contributed by atoms with Crippen LogP contribution < -0.4 is 10.6 Å². The van der Waals surface area contributed by atoms with E-state index in [0.717, 1.165) is 25.9 Å². The molecule has 3 amide bonds. The van der Waals surface area contributed by atoms with Crippen molar-refractivity contribution in [1.82, 2.24) is 10.2 Å². The number of likely N-dealkylation sites (tertiary alicyclic amines) is 1. The average Bonchev–Trinajstić information content (AvgIpc) is 3.35. The van der Waals surface area contributed by atoms with Crippen LogP contribution in [0.5, 0.6) is 0 Å². The van der Waals surface area contributed by atoms with Gasteiger partial charge < -0.3 is 15.5 Å². The molecule has 2 N–H and O–H groups in total. The van der Waals surface area contributed by atoms with Crippen molar-refractivity contribution in [2.75, 3.05) is 25.0 Å². The topological polar surface area (TPSA) is 78.5 Å². The van der Waals surface area contributed by atoms with Crippen LogP contribution in [-0.4, -0.2) is 42.3 Å². The molecule has 0 bridgehead atoms. The highest BCUT2D eigenvalue weighted by Gasteiger charge is 2.17. The molecule has 136 valence electrons. The number of benzene rings is 1. The van der Waals surface area contributed by atoms with Gasteiger partial charge in [-0.25, -0.2) is 0 Å². The molecule has 1 saturated heterocycles. The molecule has 1 fully saturated rings. The molecule has 0 spiro atoms. The second kappa shape index (κ2) is 8.62. The number of thiophene rings is 1. The third kappa shape index (κ3) is 4.70. The number of hydrogen-bond donors (Lipinski definition) is 2. The summed E-state index contributed by atoms with van der Waals surface area (Å²) in [5.74, 6) is -0.375. The molecule has 3 rings (SSSR count). The lowest BCUT2D eigenvalue weighted by atomic mass is 10.2. The second-order valence-corrected chi connectivity index (χ2v) is 7.05. The predicted octanol–water partition coefficient (Wildman–Crippen LogP) is 2.74.